The third-order valence-corrected chi connectivity index (χ3v) is 2.73. The number of aromatic carboxylic acids is 1. The highest BCUT2D eigenvalue weighted by Crippen LogP contribution is 2.27. The Hall–Kier alpha value is -2.31. The molecule has 1 aromatic carbocycles. The molecule has 0 saturated carbocycles. The lowest BCUT2D eigenvalue weighted by Gasteiger charge is -2.29. The first-order chi connectivity index (χ1) is 8.49. The number of anilines is 2. The number of carboxylic acids is 1. The lowest BCUT2D eigenvalue weighted by Crippen LogP contribution is -2.48. The second kappa shape index (κ2) is 4.52. The molecule has 0 unspecified atom stereocenters. The van der Waals surface area contributed by atoms with E-state index in [2.05, 4.69) is 5.32 Å². The van der Waals surface area contributed by atoms with Crippen molar-refractivity contribution in [1.82, 2.24) is 5.32 Å². The Bertz CT molecular complexity index is 519. The van der Waals surface area contributed by atoms with E-state index in [4.69, 9.17) is 10.8 Å². The Balaban J connectivity index is 2.36. The average molecular weight is 253 g/mol. The quantitative estimate of drug-likeness (QED) is 0.647. The first-order valence-electron chi connectivity index (χ1n) is 5.33. The van der Waals surface area contributed by atoms with Crippen LogP contribution < -0.4 is 16.0 Å². The van der Waals surface area contributed by atoms with Crippen molar-refractivity contribution in [2.45, 2.75) is 0 Å². The highest BCUT2D eigenvalue weighted by atomic mass is 19.1. The Labute approximate surface area is 102 Å². The van der Waals surface area contributed by atoms with E-state index in [0.29, 0.717) is 18.8 Å². The van der Waals surface area contributed by atoms with Gasteiger partial charge in [0.15, 0.2) is 0 Å². The molecule has 4 N–H and O–H groups in total. The first-order valence-corrected chi connectivity index (χ1v) is 5.33. The molecule has 0 aromatic heterocycles. The molecule has 1 heterocycles. The molecule has 7 heteroatoms. The van der Waals surface area contributed by atoms with Crippen LogP contribution in [-0.2, 0) is 4.79 Å². The molecule has 96 valence electrons. The van der Waals surface area contributed by atoms with Crippen LogP contribution in [0, 0.1) is 5.82 Å². The number of nitrogens with zero attached hydrogens (tertiary/aromatic N) is 1. The van der Waals surface area contributed by atoms with E-state index in [0.717, 1.165) is 12.1 Å². The van der Waals surface area contributed by atoms with E-state index in [1.165, 1.54) is 0 Å². The number of nitrogens with one attached hydrogen (secondary N) is 1. The molecule has 1 aliphatic heterocycles. The summed E-state index contributed by atoms with van der Waals surface area (Å²) >= 11 is 0. The number of halogens is 1. The van der Waals surface area contributed by atoms with Crippen molar-refractivity contribution >= 4 is 23.3 Å². The zero-order chi connectivity index (χ0) is 13.3. The van der Waals surface area contributed by atoms with E-state index >= 15 is 0 Å². The lowest BCUT2D eigenvalue weighted by molar-refractivity contribution is -0.120. The Kier molecular flexibility index (Phi) is 3.05. The van der Waals surface area contributed by atoms with Crippen molar-refractivity contribution in [3.8, 4) is 0 Å². The maximum absolute atomic E-state index is 13.6. The van der Waals surface area contributed by atoms with Gasteiger partial charge < -0.3 is 21.1 Å². The van der Waals surface area contributed by atoms with Crippen LogP contribution in [0.4, 0.5) is 15.8 Å². The first kappa shape index (κ1) is 12.2. The minimum Gasteiger partial charge on any atom is -0.478 e. The number of piperazine rings is 1. The molecule has 1 aliphatic rings. The highest BCUT2D eigenvalue weighted by Gasteiger charge is 2.21. The predicted molar refractivity (Wildman–Crippen MR) is 63.0 cm³/mol. The number of carboxylic acid groups (broad SMARTS) is 1. The van der Waals surface area contributed by atoms with Crippen molar-refractivity contribution in [2.24, 2.45) is 0 Å². The SMILES string of the molecule is Nc1cc(C(=O)O)c(F)cc1N1CCNC(=O)C1. The molecule has 6 nitrogen and oxygen atoms in total. The van der Waals surface area contributed by atoms with Crippen LogP contribution in [0.1, 0.15) is 10.4 Å². The molecule has 1 aromatic rings. The van der Waals surface area contributed by atoms with Crippen LogP contribution in [0.2, 0.25) is 0 Å². The van der Waals surface area contributed by atoms with Crippen molar-refractivity contribution in [3.05, 3.63) is 23.5 Å². The van der Waals surface area contributed by atoms with E-state index in [1.807, 2.05) is 0 Å². The number of hydrogen-bond donors (Lipinski definition) is 3. The summed E-state index contributed by atoms with van der Waals surface area (Å²) < 4.78 is 13.6. The van der Waals surface area contributed by atoms with Crippen LogP contribution >= 0.6 is 0 Å². The maximum atomic E-state index is 13.6. The van der Waals surface area contributed by atoms with Gasteiger partial charge in [-0.1, -0.05) is 0 Å². The third kappa shape index (κ3) is 2.20. The third-order valence-electron chi connectivity index (χ3n) is 2.73. The Morgan fingerprint density at radius 3 is 2.83 bits per heavy atom. The van der Waals surface area contributed by atoms with Crippen LogP contribution in [0.3, 0.4) is 0 Å². The van der Waals surface area contributed by atoms with Crippen LogP contribution in [0.25, 0.3) is 0 Å². The largest absolute Gasteiger partial charge is 0.478 e. The number of benzene rings is 1. The summed E-state index contributed by atoms with van der Waals surface area (Å²) in [6.07, 6.45) is 0. The van der Waals surface area contributed by atoms with Gasteiger partial charge in [-0.05, 0) is 6.07 Å². The zero-order valence-electron chi connectivity index (χ0n) is 9.44. The fourth-order valence-electron chi connectivity index (χ4n) is 1.86. The molecule has 0 radical (unpaired) electrons. The van der Waals surface area contributed by atoms with Gasteiger partial charge in [0.2, 0.25) is 5.91 Å². The number of nitrogen functional groups attached to an aromatic ring is 1. The van der Waals surface area contributed by atoms with Crippen molar-refractivity contribution in [2.75, 3.05) is 30.3 Å². The molecule has 1 fully saturated rings. The van der Waals surface area contributed by atoms with E-state index in [-0.39, 0.29) is 18.1 Å². The summed E-state index contributed by atoms with van der Waals surface area (Å²) in [5, 5.41) is 11.4. The fourth-order valence-corrected chi connectivity index (χ4v) is 1.86. The fraction of sp³-hybridized carbons (Fsp3) is 0.273. The van der Waals surface area contributed by atoms with Crippen molar-refractivity contribution < 1.29 is 19.1 Å². The monoisotopic (exact) mass is 253 g/mol. The number of carbonyl (C=O) groups is 2. The summed E-state index contributed by atoms with van der Waals surface area (Å²) in [7, 11) is 0. The number of rotatable bonds is 2. The summed E-state index contributed by atoms with van der Waals surface area (Å²) in [5.74, 6) is -2.41. The molecule has 2 rings (SSSR count). The molecule has 0 atom stereocenters. The summed E-state index contributed by atoms with van der Waals surface area (Å²) in [4.78, 5) is 23.6. The van der Waals surface area contributed by atoms with Gasteiger partial charge in [0, 0.05) is 19.2 Å². The lowest BCUT2D eigenvalue weighted by atomic mass is 10.1. The van der Waals surface area contributed by atoms with Gasteiger partial charge in [0.1, 0.15) is 5.82 Å². The van der Waals surface area contributed by atoms with Crippen LogP contribution in [-0.4, -0.2) is 36.6 Å². The molecular weight excluding hydrogens is 241 g/mol. The minimum atomic E-state index is -1.37. The topological polar surface area (TPSA) is 95.7 Å². The predicted octanol–water partition coefficient (Wildman–Crippen LogP) is 0.0423. The number of carbonyl (C=O) groups excluding carboxylic acids is 1. The van der Waals surface area contributed by atoms with E-state index < -0.39 is 17.3 Å². The summed E-state index contributed by atoms with van der Waals surface area (Å²) in [6, 6.07) is 2.12. The molecule has 0 spiro atoms. The maximum Gasteiger partial charge on any atom is 0.338 e. The Morgan fingerprint density at radius 2 is 2.22 bits per heavy atom. The van der Waals surface area contributed by atoms with Crippen LogP contribution in [0.15, 0.2) is 12.1 Å². The average Bonchev–Trinajstić information content (AvgIpc) is 2.31. The van der Waals surface area contributed by atoms with Gasteiger partial charge in [0.25, 0.3) is 0 Å². The molecule has 0 bridgehead atoms. The molecule has 1 saturated heterocycles. The zero-order valence-corrected chi connectivity index (χ0v) is 9.44. The molecule has 0 aliphatic carbocycles. The van der Waals surface area contributed by atoms with Gasteiger partial charge in [0.05, 0.1) is 23.5 Å². The normalized spacial score (nSPS) is 15.4. The van der Waals surface area contributed by atoms with Gasteiger partial charge in [-0.25, -0.2) is 9.18 Å². The molecular formula is C11H12FN3O3. The number of hydrogen-bond acceptors (Lipinski definition) is 4. The van der Waals surface area contributed by atoms with Crippen LogP contribution in [0.5, 0.6) is 0 Å². The Morgan fingerprint density at radius 1 is 1.50 bits per heavy atom. The smallest absolute Gasteiger partial charge is 0.338 e. The summed E-state index contributed by atoms with van der Waals surface area (Å²) in [5.41, 5.74) is 5.71. The van der Waals surface area contributed by atoms with Gasteiger partial charge in [-0.3, -0.25) is 4.79 Å². The summed E-state index contributed by atoms with van der Waals surface area (Å²) in [6.45, 7) is 1.03. The van der Waals surface area contributed by atoms with Crippen molar-refractivity contribution in [1.29, 1.82) is 0 Å². The number of amides is 1. The molecule has 1 amide bonds. The van der Waals surface area contributed by atoms with Gasteiger partial charge in [-0.2, -0.15) is 0 Å². The van der Waals surface area contributed by atoms with E-state index in [9.17, 15) is 14.0 Å². The van der Waals surface area contributed by atoms with Gasteiger partial charge >= 0.3 is 5.97 Å². The second-order valence-electron chi connectivity index (χ2n) is 3.97. The van der Waals surface area contributed by atoms with Gasteiger partial charge in [-0.15, -0.1) is 0 Å². The minimum absolute atomic E-state index is 0.0794. The van der Waals surface area contributed by atoms with E-state index in [1.54, 1.807) is 4.90 Å². The van der Waals surface area contributed by atoms with Crippen molar-refractivity contribution in [3.63, 3.8) is 0 Å². The number of nitrogens with two attached hydrogens (primary N) is 1. The second-order valence-corrected chi connectivity index (χ2v) is 3.97. The highest BCUT2D eigenvalue weighted by molar-refractivity contribution is 5.91. The molecule has 18 heavy (non-hydrogen) atoms. The standard InChI is InChI=1S/C11H12FN3O3/c12-7-4-9(8(13)3-6(7)11(17)18)15-2-1-14-10(16)5-15/h3-4H,1-2,5,13H2,(H,14,16)(H,17,18).